The summed E-state index contributed by atoms with van der Waals surface area (Å²) in [5.74, 6) is 0. The molecule has 1 aliphatic rings. The van der Waals surface area contributed by atoms with Gasteiger partial charge in [0.05, 0.1) is 6.10 Å². The van der Waals surface area contributed by atoms with Crippen molar-refractivity contribution in [2.45, 2.75) is 25.4 Å². The van der Waals surface area contributed by atoms with Gasteiger partial charge in [-0.15, -0.1) is 0 Å². The van der Waals surface area contributed by atoms with E-state index in [9.17, 15) is 0 Å². The van der Waals surface area contributed by atoms with Crippen LogP contribution in [0.25, 0.3) is 0 Å². The van der Waals surface area contributed by atoms with Gasteiger partial charge in [0.1, 0.15) is 0 Å². The Bertz CT molecular complexity index is 323. The normalized spacial score (nSPS) is 20.0. The zero-order valence-electron chi connectivity index (χ0n) is 11.3. The summed E-state index contributed by atoms with van der Waals surface area (Å²) >= 11 is 0. The number of nitrogens with one attached hydrogen (secondary N) is 1. The van der Waals surface area contributed by atoms with Gasteiger partial charge in [-0.3, -0.25) is 0 Å². The lowest BCUT2D eigenvalue weighted by Crippen LogP contribution is -2.35. The molecule has 1 unspecified atom stereocenters. The van der Waals surface area contributed by atoms with E-state index in [1.807, 2.05) is 6.07 Å². The maximum absolute atomic E-state index is 5.75. The number of benzene rings is 1. The van der Waals surface area contributed by atoms with E-state index in [4.69, 9.17) is 4.74 Å². The minimum Gasteiger partial charge on any atom is -0.384 e. The first-order chi connectivity index (χ1) is 8.84. The zero-order valence-corrected chi connectivity index (χ0v) is 11.3. The summed E-state index contributed by atoms with van der Waals surface area (Å²) in [4.78, 5) is 2.35. The summed E-state index contributed by atoms with van der Waals surface area (Å²) in [5, 5.41) is 3.43. The fraction of sp³-hybridized carbons (Fsp3) is 0.600. The van der Waals surface area contributed by atoms with Gasteiger partial charge >= 0.3 is 0 Å². The highest BCUT2D eigenvalue weighted by molar-refractivity contribution is 5.42. The fourth-order valence-corrected chi connectivity index (χ4v) is 2.34. The molecule has 3 heteroatoms. The van der Waals surface area contributed by atoms with Crippen molar-refractivity contribution in [2.24, 2.45) is 0 Å². The maximum atomic E-state index is 5.75. The number of hydrogen-bond donors (Lipinski definition) is 1. The first-order valence-corrected chi connectivity index (χ1v) is 6.93. The van der Waals surface area contributed by atoms with Crippen LogP contribution in [-0.2, 0) is 4.74 Å². The van der Waals surface area contributed by atoms with Crippen molar-refractivity contribution < 1.29 is 4.74 Å². The molecule has 1 aromatic carbocycles. The lowest BCUT2D eigenvalue weighted by molar-refractivity contribution is -0.000835. The molecular formula is C15H24N2O. The molecule has 1 atom stereocenters. The van der Waals surface area contributed by atoms with Crippen molar-refractivity contribution in [3.05, 3.63) is 30.3 Å². The predicted octanol–water partition coefficient (Wildman–Crippen LogP) is 2.60. The molecule has 0 bridgehead atoms. The third-order valence-electron chi connectivity index (χ3n) is 3.39. The topological polar surface area (TPSA) is 24.5 Å². The van der Waals surface area contributed by atoms with E-state index in [1.54, 1.807) is 0 Å². The summed E-state index contributed by atoms with van der Waals surface area (Å²) in [7, 11) is 2.17. The minimum atomic E-state index is 0.445. The Kier molecular flexibility index (Phi) is 5.49. The second kappa shape index (κ2) is 7.39. The van der Waals surface area contributed by atoms with E-state index in [1.165, 1.54) is 24.9 Å². The molecule has 1 N–H and O–H groups in total. The van der Waals surface area contributed by atoms with Crippen LogP contribution in [0, 0.1) is 0 Å². The molecule has 0 aromatic heterocycles. The van der Waals surface area contributed by atoms with E-state index in [-0.39, 0.29) is 0 Å². The molecule has 1 aromatic rings. The monoisotopic (exact) mass is 248 g/mol. The van der Waals surface area contributed by atoms with Crippen LogP contribution in [-0.4, -0.2) is 44.3 Å². The Labute approximate surface area is 110 Å². The lowest BCUT2D eigenvalue weighted by Gasteiger charge is -2.27. The molecule has 1 aliphatic heterocycles. The molecule has 1 fully saturated rings. The molecule has 0 spiro atoms. The molecule has 1 heterocycles. The van der Waals surface area contributed by atoms with Gasteiger partial charge in [-0.05, 0) is 38.4 Å². The van der Waals surface area contributed by atoms with E-state index >= 15 is 0 Å². The second-order valence-corrected chi connectivity index (χ2v) is 5.04. The molecule has 3 nitrogen and oxygen atoms in total. The summed E-state index contributed by atoms with van der Waals surface area (Å²) in [5.41, 5.74) is 1.19. The molecule has 2 rings (SSSR count). The van der Waals surface area contributed by atoms with Gasteiger partial charge in [-0.2, -0.15) is 0 Å². The fourth-order valence-electron chi connectivity index (χ4n) is 2.34. The highest BCUT2D eigenvalue weighted by atomic mass is 16.5. The van der Waals surface area contributed by atoms with Gasteiger partial charge in [0.15, 0.2) is 0 Å². The van der Waals surface area contributed by atoms with Gasteiger partial charge in [0.2, 0.25) is 0 Å². The number of anilines is 1. The van der Waals surface area contributed by atoms with Gasteiger partial charge in [-0.1, -0.05) is 18.2 Å². The van der Waals surface area contributed by atoms with Crippen LogP contribution in [0.5, 0.6) is 0 Å². The first-order valence-electron chi connectivity index (χ1n) is 6.93. The zero-order chi connectivity index (χ0) is 12.6. The number of rotatable bonds is 6. The summed E-state index contributed by atoms with van der Waals surface area (Å²) in [6.07, 6.45) is 4.22. The van der Waals surface area contributed by atoms with Crippen LogP contribution < -0.4 is 5.32 Å². The van der Waals surface area contributed by atoms with E-state index in [2.05, 4.69) is 41.5 Å². The molecule has 100 valence electrons. The number of nitrogens with zero attached hydrogens (tertiary/aromatic N) is 1. The third kappa shape index (κ3) is 4.67. The quantitative estimate of drug-likeness (QED) is 0.837. The number of ether oxygens (including phenoxy) is 1. The number of para-hydroxylation sites is 1. The maximum Gasteiger partial charge on any atom is 0.0701 e. The SMILES string of the molecule is CN(CCNc1ccccc1)CC1CCCCO1. The first kappa shape index (κ1) is 13.4. The Morgan fingerprint density at radius 2 is 2.11 bits per heavy atom. The highest BCUT2D eigenvalue weighted by Crippen LogP contribution is 2.13. The lowest BCUT2D eigenvalue weighted by atomic mass is 10.1. The highest BCUT2D eigenvalue weighted by Gasteiger charge is 2.15. The van der Waals surface area contributed by atoms with Gasteiger partial charge in [0, 0.05) is 31.9 Å². The second-order valence-electron chi connectivity index (χ2n) is 5.04. The van der Waals surface area contributed by atoms with Crippen molar-refractivity contribution in [3.8, 4) is 0 Å². The van der Waals surface area contributed by atoms with Crippen LogP contribution in [0.2, 0.25) is 0 Å². The summed E-state index contributed by atoms with van der Waals surface area (Å²) < 4.78 is 5.75. The van der Waals surface area contributed by atoms with Crippen LogP contribution in [0.1, 0.15) is 19.3 Å². The third-order valence-corrected chi connectivity index (χ3v) is 3.39. The molecule has 0 aliphatic carbocycles. The summed E-state index contributed by atoms with van der Waals surface area (Å²) in [6.45, 7) is 4.03. The van der Waals surface area contributed by atoms with Gasteiger partial charge < -0.3 is 15.0 Å². The van der Waals surface area contributed by atoms with Crippen molar-refractivity contribution in [2.75, 3.05) is 38.6 Å². The van der Waals surface area contributed by atoms with Crippen LogP contribution >= 0.6 is 0 Å². The molecular weight excluding hydrogens is 224 g/mol. The molecule has 1 saturated heterocycles. The Morgan fingerprint density at radius 1 is 1.28 bits per heavy atom. The molecule has 0 radical (unpaired) electrons. The largest absolute Gasteiger partial charge is 0.384 e. The van der Waals surface area contributed by atoms with E-state index in [0.717, 1.165) is 26.2 Å². The van der Waals surface area contributed by atoms with Crippen molar-refractivity contribution in [3.63, 3.8) is 0 Å². The van der Waals surface area contributed by atoms with Crippen molar-refractivity contribution in [1.82, 2.24) is 4.90 Å². The van der Waals surface area contributed by atoms with E-state index in [0.29, 0.717) is 6.10 Å². The Morgan fingerprint density at radius 3 is 2.83 bits per heavy atom. The molecule has 0 amide bonds. The van der Waals surface area contributed by atoms with Crippen LogP contribution in [0.4, 0.5) is 5.69 Å². The predicted molar refractivity (Wildman–Crippen MR) is 76.0 cm³/mol. The Balaban J connectivity index is 1.61. The standard InChI is InChI=1S/C15H24N2O/c1-17(13-15-9-5-6-12-18-15)11-10-16-14-7-3-2-4-8-14/h2-4,7-8,15-16H,5-6,9-13H2,1H3. The average molecular weight is 248 g/mol. The molecule has 18 heavy (non-hydrogen) atoms. The minimum absolute atomic E-state index is 0.445. The average Bonchev–Trinajstić information content (AvgIpc) is 2.41. The van der Waals surface area contributed by atoms with Crippen molar-refractivity contribution in [1.29, 1.82) is 0 Å². The number of hydrogen-bond acceptors (Lipinski definition) is 3. The molecule has 0 saturated carbocycles. The van der Waals surface area contributed by atoms with Gasteiger partial charge in [0.25, 0.3) is 0 Å². The van der Waals surface area contributed by atoms with Crippen molar-refractivity contribution >= 4 is 5.69 Å². The van der Waals surface area contributed by atoms with Crippen LogP contribution in [0.3, 0.4) is 0 Å². The van der Waals surface area contributed by atoms with E-state index < -0.39 is 0 Å². The smallest absolute Gasteiger partial charge is 0.0701 e. The van der Waals surface area contributed by atoms with Gasteiger partial charge in [-0.25, -0.2) is 0 Å². The summed E-state index contributed by atoms with van der Waals surface area (Å²) in [6, 6.07) is 10.4. The van der Waals surface area contributed by atoms with Crippen LogP contribution in [0.15, 0.2) is 30.3 Å². The number of likely N-dealkylation sites (N-methyl/N-ethyl adjacent to an activating group) is 1. The Hall–Kier alpha value is -1.06.